The van der Waals surface area contributed by atoms with Gasteiger partial charge in [0, 0.05) is 25.0 Å². The molecule has 0 aliphatic heterocycles. The molecule has 0 spiro atoms. The lowest BCUT2D eigenvalue weighted by molar-refractivity contribution is 0.578. The largest absolute Gasteiger partial charge is 0.271 e. The zero-order valence-electron chi connectivity index (χ0n) is 10.6. The van der Waals surface area contributed by atoms with E-state index in [0.29, 0.717) is 17.8 Å². The van der Waals surface area contributed by atoms with E-state index in [1.807, 2.05) is 0 Å². The number of hydrogen-bond donors (Lipinski definition) is 1. The van der Waals surface area contributed by atoms with Crippen LogP contribution < -0.4 is 4.72 Å². The topological polar surface area (TPSA) is 113 Å². The predicted octanol–water partition coefficient (Wildman–Crippen LogP) is 1.02. The lowest BCUT2D eigenvalue weighted by atomic mass is 10.4. The molecule has 1 aromatic rings. The van der Waals surface area contributed by atoms with Crippen molar-refractivity contribution in [1.82, 2.24) is 14.5 Å². The molecule has 0 atom stereocenters. The third-order valence-corrected chi connectivity index (χ3v) is 4.21. The lowest BCUT2D eigenvalue weighted by Crippen LogP contribution is -2.26. The van der Waals surface area contributed by atoms with Crippen LogP contribution in [0.1, 0.15) is 17.8 Å². The Morgan fingerprint density at radius 3 is 2.67 bits per heavy atom. The van der Waals surface area contributed by atoms with Crippen molar-refractivity contribution in [2.75, 3.05) is 13.1 Å². The average molecular weight is 272 g/mol. The number of nitrogens with zero attached hydrogens (tertiary/aromatic N) is 5. The summed E-state index contributed by atoms with van der Waals surface area (Å²) in [5.41, 5.74) is 9.15. The van der Waals surface area contributed by atoms with Gasteiger partial charge in [0.25, 0.3) is 0 Å². The highest BCUT2D eigenvalue weighted by Gasteiger charge is 2.22. The van der Waals surface area contributed by atoms with Crippen LogP contribution in [0, 0.1) is 13.8 Å². The summed E-state index contributed by atoms with van der Waals surface area (Å²) in [5.74, 6) is 0. The number of aryl methyl sites for hydroxylation is 2. The van der Waals surface area contributed by atoms with E-state index in [4.69, 9.17) is 5.53 Å². The summed E-state index contributed by atoms with van der Waals surface area (Å²) < 4.78 is 28.1. The molecule has 0 saturated heterocycles. The van der Waals surface area contributed by atoms with Crippen LogP contribution >= 0.6 is 0 Å². The van der Waals surface area contributed by atoms with E-state index in [1.165, 1.54) is 4.68 Å². The Bertz CT molecular complexity index is 570. The molecule has 0 aromatic carbocycles. The Morgan fingerprint density at radius 2 is 2.17 bits per heavy atom. The zero-order chi connectivity index (χ0) is 13.8. The maximum Gasteiger partial charge on any atom is 0.244 e. The van der Waals surface area contributed by atoms with Crippen LogP contribution in [0.2, 0.25) is 0 Å². The van der Waals surface area contributed by atoms with E-state index >= 15 is 0 Å². The molecule has 0 bridgehead atoms. The van der Waals surface area contributed by atoms with Crippen LogP contribution in [-0.4, -0.2) is 31.3 Å². The molecule has 9 heteroatoms. The second-order valence-corrected chi connectivity index (χ2v) is 5.53. The Labute approximate surface area is 106 Å². The van der Waals surface area contributed by atoms with Gasteiger partial charge in [0.2, 0.25) is 10.0 Å². The molecule has 1 rings (SSSR count). The number of hydrogen-bond acceptors (Lipinski definition) is 4. The van der Waals surface area contributed by atoms with Crippen LogP contribution in [0.25, 0.3) is 10.4 Å². The molecule has 0 amide bonds. The Balaban J connectivity index is 2.77. The minimum atomic E-state index is -3.56. The van der Waals surface area contributed by atoms with Crippen LogP contribution in [0.4, 0.5) is 0 Å². The van der Waals surface area contributed by atoms with Gasteiger partial charge in [0.15, 0.2) is 0 Å². The van der Waals surface area contributed by atoms with Crippen molar-refractivity contribution in [2.45, 2.75) is 25.2 Å². The molecule has 8 nitrogen and oxygen atoms in total. The zero-order valence-corrected chi connectivity index (χ0v) is 11.4. The number of rotatable bonds is 6. The van der Waals surface area contributed by atoms with E-state index in [2.05, 4.69) is 19.8 Å². The van der Waals surface area contributed by atoms with E-state index in [0.717, 1.165) is 0 Å². The fourth-order valence-electron chi connectivity index (χ4n) is 1.62. The molecule has 0 aliphatic carbocycles. The van der Waals surface area contributed by atoms with Crippen molar-refractivity contribution < 1.29 is 8.42 Å². The van der Waals surface area contributed by atoms with Gasteiger partial charge in [-0.15, -0.1) is 0 Å². The Kier molecular flexibility index (Phi) is 4.71. The monoisotopic (exact) mass is 272 g/mol. The first-order valence-electron chi connectivity index (χ1n) is 5.41. The number of sulfonamides is 1. The summed E-state index contributed by atoms with van der Waals surface area (Å²) in [4.78, 5) is 2.81. The number of nitrogens with one attached hydrogen (secondary N) is 1. The third kappa shape index (κ3) is 3.22. The molecule has 0 saturated carbocycles. The fraction of sp³-hybridized carbons (Fsp3) is 0.667. The summed E-state index contributed by atoms with van der Waals surface area (Å²) >= 11 is 0. The second-order valence-electron chi connectivity index (χ2n) is 3.83. The fourth-order valence-corrected chi connectivity index (χ4v) is 3.12. The van der Waals surface area contributed by atoms with Crippen LogP contribution in [0.3, 0.4) is 0 Å². The molecular weight excluding hydrogens is 256 g/mol. The number of azide groups is 1. The normalized spacial score (nSPS) is 11.3. The highest BCUT2D eigenvalue weighted by molar-refractivity contribution is 7.89. The molecule has 0 aliphatic rings. The molecule has 1 aromatic heterocycles. The van der Waals surface area contributed by atoms with Gasteiger partial charge >= 0.3 is 0 Å². The Hall–Kier alpha value is -1.57. The lowest BCUT2D eigenvalue weighted by Gasteiger charge is -2.06. The van der Waals surface area contributed by atoms with Gasteiger partial charge < -0.3 is 0 Å². The summed E-state index contributed by atoms with van der Waals surface area (Å²) in [6.45, 7) is 3.86. The predicted molar refractivity (Wildman–Crippen MR) is 66.5 cm³/mol. The van der Waals surface area contributed by atoms with Crippen LogP contribution in [0.5, 0.6) is 0 Å². The summed E-state index contributed by atoms with van der Waals surface area (Å²) in [6.07, 6.45) is 0.460. The third-order valence-electron chi connectivity index (χ3n) is 2.50. The van der Waals surface area contributed by atoms with Gasteiger partial charge in [-0.3, -0.25) is 4.68 Å². The first-order valence-corrected chi connectivity index (χ1v) is 6.89. The van der Waals surface area contributed by atoms with Crippen molar-refractivity contribution in [3.05, 3.63) is 21.8 Å². The van der Waals surface area contributed by atoms with Crippen molar-refractivity contribution in [2.24, 2.45) is 12.2 Å². The van der Waals surface area contributed by atoms with Crippen LogP contribution in [0.15, 0.2) is 10.0 Å². The molecule has 18 heavy (non-hydrogen) atoms. The SMILES string of the molecule is Cc1nn(C)c(C)c1S(=O)(=O)NCCCN=[N+]=[N-]. The maximum absolute atomic E-state index is 12.1. The highest BCUT2D eigenvalue weighted by atomic mass is 32.2. The van der Waals surface area contributed by atoms with Gasteiger partial charge in [-0.05, 0) is 25.8 Å². The minimum absolute atomic E-state index is 0.216. The highest BCUT2D eigenvalue weighted by Crippen LogP contribution is 2.17. The van der Waals surface area contributed by atoms with Gasteiger partial charge in [0.05, 0.1) is 11.4 Å². The molecule has 0 unspecified atom stereocenters. The van der Waals surface area contributed by atoms with Crippen molar-refractivity contribution in [3.63, 3.8) is 0 Å². The quantitative estimate of drug-likeness (QED) is 0.361. The van der Waals surface area contributed by atoms with E-state index in [-0.39, 0.29) is 18.0 Å². The van der Waals surface area contributed by atoms with Gasteiger partial charge in [-0.25, -0.2) is 13.1 Å². The van der Waals surface area contributed by atoms with E-state index in [9.17, 15) is 8.42 Å². The number of aromatic nitrogens is 2. The van der Waals surface area contributed by atoms with E-state index < -0.39 is 10.0 Å². The molecule has 1 heterocycles. The second kappa shape index (κ2) is 5.85. The first-order chi connectivity index (χ1) is 8.40. The summed E-state index contributed by atoms with van der Waals surface area (Å²) in [7, 11) is -1.86. The van der Waals surface area contributed by atoms with Gasteiger partial charge in [-0.1, -0.05) is 5.11 Å². The summed E-state index contributed by atoms with van der Waals surface area (Å²) in [5, 5.41) is 7.40. The molecular formula is C9H16N6O2S. The van der Waals surface area contributed by atoms with Gasteiger partial charge in [-0.2, -0.15) is 5.10 Å². The smallest absolute Gasteiger partial charge is 0.244 e. The summed E-state index contributed by atoms with van der Waals surface area (Å²) in [6, 6.07) is 0. The maximum atomic E-state index is 12.1. The van der Waals surface area contributed by atoms with Crippen molar-refractivity contribution >= 4 is 10.0 Å². The van der Waals surface area contributed by atoms with Gasteiger partial charge in [0.1, 0.15) is 4.90 Å². The molecule has 1 N–H and O–H groups in total. The van der Waals surface area contributed by atoms with Crippen LogP contribution in [-0.2, 0) is 17.1 Å². The first kappa shape index (κ1) is 14.5. The van der Waals surface area contributed by atoms with Crippen molar-refractivity contribution in [1.29, 1.82) is 0 Å². The van der Waals surface area contributed by atoms with Crippen molar-refractivity contribution in [3.8, 4) is 0 Å². The molecule has 0 radical (unpaired) electrons. The molecule has 0 fully saturated rings. The average Bonchev–Trinajstić information content (AvgIpc) is 2.53. The standard InChI is InChI=1S/C9H16N6O2S/c1-7-9(8(2)15(3)13-7)18(16,17)12-6-4-5-11-14-10/h12H,4-6H2,1-3H3. The minimum Gasteiger partial charge on any atom is -0.271 e. The molecule has 100 valence electrons. The van der Waals surface area contributed by atoms with E-state index in [1.54, 1.807) is 20.9 Å². The Morgan fingerprint density at radius 1 is 1.50 bits per heavy atom.